The van der Waals surface area contributed by atoms with E-state index in [9.17, 15) is 4.39 Å². The molecule has 1 fully saturated rings. The summed E-state index contributed by atoms with van der Waals surface area (Å²) in [5.74, 6) is 2.17. The Balaban J connectivity index is 1.34. The number of halogens is 1. The summed E-state index contributed by atoms with van der Waals surface area (Å²) in [5.41, 5.74) is 4.84. The molecule has 0 N–H and O–H groups in total. The number of benzene rings is 3. The molecule has 2 atom stereocenters. The third kappa shape index (κ3) is 4.17. The summed E-state index contributed by atoms with van der Waals surface area (Å²) in [4.78, 5) is 12.8. The van der Waals surface area contributed by atoms with Crippen molar-refractivity contribution in [3.63, 3.8) is 0 Å². The molecule has 0 aliphatic carbocycles. The van der Waals surface area contributed by atoms with Gasteiger partial charge in [0, 0.05) is 36.2 Å². The number of imidazole rings is 1. The van der Waals surface area contributed by atoms with Crippen molar-refractivity contribution in [3.05, 3.63) is 113 Å². The lowest BCUT2D eigenvalue weighted by Gasteiger charge is -2.49. The largest absolute Gasteiger partial charge is 0.495 e. The van der Waals surface area contributed by atoms with Gasteiger partial charge in [0.2, 0.25) is 5.72 Å². The molecule has 4 heterocycles. The number of aryl methyl sites for hydroxylation is 1. The minimum absolute atomic E-state index is 0.215. The second-order valence-electron chi connectivity index (χ2n) is 11.2. The van der Waals surface area contributed by atoms with Gasteiger partial charge in [0.25, 0.3) is 0 Å². The molecule has 41 heavy (non-hydrogen) atoms. The molecule has 208 valence electrons. The number of hydrogen-bond acceptors (Lipinski definition) is 6. The standard InChI is InChI=1S/C33H31FN4O3/c1-22-19-37(21-35-22)28-13-8-23(17-30(28)39-3)16-24-18-33(14-15-40-29-7-5-4-6-27(29)33)20-38-31(24)36-41-32(38,2)25-9-11-26(34)12-10-25/h4-13,16-17,19,21H,14-15,18,20H2,1-3H3. The second kappa shape index (κ2) is 9.51. The van der Waals surface area contributed by atoms with Crippen LogP contribution in [0.3, 0.4) is 0 Å². The molecular weight excluding hydrogens is 519 g/mol. The summed E-state index contributed by atoms with van der Waals surface area (Å²) < 4.78 is 27.7. The van der Waals surface area contributed by atoms with Crippen LogP contribution >= 0.6 is 0 Å². The van der Waals surface area contributed by atoms with Gasteiger partial charge < -0.3 is 23.8 Å². The summed E-state index contributed by atoms with van der Waals surface area (Å²) >= 11 is 0. The third-order valence-corrected chi connectivity index (χ3v) is 8.57. The summed E-state index contributed by atoms with van der Waals surface area (Å²) in [6.45, 7) is 5.29. The highest BCUT2D eigenvalue weighted by Gasteiger charge is 2.54. The Bertz CT molecular complexity index is 1690. The molecule has 1 spiro atoms. The van der Waals surface area contributed by atoms with Gasteiger partial charge in [-0.2, -0.15) is 0 Å². The van der Waals surface area contributed by atoms with E-state index in [0.717, 1.165) is 58.3 Å². The molecule has 0 saturated carbocycles. The molecule has 4 aromatic rings. The van der Waals surface area contributed by atoms with Crippen LogP contribution < -0.4 is 9.47 Å². The monoisotopic (exact) mass is 550 g/mol. The fraction of sp³-hybridized carbons (Fsp3) is 0.273. The van der Waals surface area contributed by atoms with Crippen molar-refractivity contribution < 1.29 is 18.7 Å². The number of fused-ring (bicyclic) bond motifs is 3. The van der Waals surface area contributed by atoms with E-state index in [0.29, 0.717) is 13.2 Å². The number of oxime groups is 1. The Labute approximate surface area is 238 Å². The minimum atomic E-state index is -0.885. The number of aromatic nitrogens is 2. The van der Waals surface area contributed by atoms with Crippen molar-refractivity contribution in [2.75, 3.05) is 20.3 Å². The maximum absolute atomic E-state index is 13.9. The van der Waals surface area contributed by atoms with Crippen LogP contribution in [-0.4, -0.2) is 40.5 Å². The number of ether oxygens (including phenoxy) is 2. The van der Waals surface area contributed by atoms with E-state index >= 15 is 0 Å². The molecule has 7 nitrogen and oxygen atoms in total. The molecule has 1 saturated heterocycles. The van der Waals surface area contributed by atoms with Crippen molar-refractivity contribution in [3.8, 4) is 17.2 Å². The average molecular weight is 551 g/mol. The van der Waals surface area contributed by atoms with Crippen LogP contribution in [-0.2, 0) is 16.0 Å². The summed E-state index contributed by atoms with van der Waals surface area (Å²) in [7, 11) is 1.68. The molecule has 2 unspecified atom stereocenters. The highest BCUT2D eigenvalue weighted by Crippen LogP contribution is 2.51. The van der Waals surface area contributed by atoms with Crippen molar-refractivity contribution >= 4 is 11.9 Å². The van der Waals surface area contributed by atoms with E-state index in [1.165, 1.54) is 17.7 Å². The zero-order chi connectivity index (χ0) is 28.2. The van der Waals surface area contributed by atoms with Crippen molar-refractivity contribution in [1.29, 1.82) is 0 Å². The molecule has 0 bridgehead atoms. The van der Waals surface area contributed by atoms with E-state index < -0.39 is 5.72 Å². The highest BCUT2D eigenvalue weighted by atomic mass is 19.1. The smallest absolute Gasteiger partial charge is 0.234 e. The molecule has 3 aromatic carbocycles. The third-order valence-electron chi connectivity index (χ3n) is 8.57. The number of amidine groups is 1. The predicted molar refractivity (Wildman–Crippen MR) is 155 cm³/mol. The van der Waals surface area contributed by atoms with Gasteiger partial charge in [-0.1, -0.05) is 41.6 Å². The van der Waals surface area contributed by atoms with Gasteiger partial charge in [-0.3, -0.25) is 0 Å². The van der Waals surface area contributed by atoms with Gasteiger partial charge in [0.05, 0.1) is 31.4 Å². The minimum Gasteiger partial charge on any atom is -0.495 e. The quantitative estimate of drug-likeness (QED) is 0.296. The number of piperidine rings is 1. The zero-order valence-electron chi connectivity index (χ0n) is 23.3. The Kier molecular flexibility index (Phi) is 5.89. The first-order valence-electron chi connectivity index (χ1n) is 13.8. The van der Waals surface area contributed by atoms with Crippen LogP contribution in [0.25, 0.3) is 11.8 Å². The Morgan fingerprint density at radius 1 is 1.07 bits per heavy atom. The van der Waals surface area contributed by atoms with Crippen LogP contribution in [0.15, 0.2) is 90.0 Å². The highest BCUT2D eigenvalue weighted by molar-refractivity contribution is 6.04. The van der Waals surface area contributed by atoms with Crippen LogP contribution in [0.1, 0.15) is 42.1 Å². The van der Waals surface area contributed by atoms with Gasteiger partial charge in [-0.25, -0.2) is 9.37 Å². The maximum atomic E-state index is 13.9. The first-order chi connectivity index (χ1) is 19.9. The van der Waals surface area contributed by atoms with E-state index in [2.05, 4.69) is 39.3 Å². The number of rotatable bonds is 4. The SMILES string of the molecule is COc1cc(C=C2CC3(CCOc4ccccc43)CN3C2=NOC3(C)c2ccc(F)cc2)ccc1-n1cnc(C)c1. The fourth-order valence-corrected chi connectivity index (χ4v) is 6.40. The first kappa shape index (κ1) is 25.4. The fourth-order valence-electron chi connectivity index (χ4n) is 6.40. The molecular formula is C33H31FN4O3. The van der Waals surface area contributed by atoms with E-state index in [1.54, 1.807) is 25.6 Å². The Morgan fingerprint density at radius 3 is 2.68 bits per heavy atom. The number of para-hydroxylation sites is 1. The lowest BCUT2D eigenvalue weighted by molar-refractivity contribution is -0.0990. The lowest BCUT2D eigenvalue weighted by Crippen LogP contribution is -2.56. The summed E-state index contributed by atoms with van der Waals surface area (Å²) in [6.07, 6.45) is 7.57. The van der Waals surface area contributed by atoms with Gasteiger partial charge in [0.15, 0.2) is 5.84 Å². The van der Waals surface area contributed by atoms with Crippen LogP contribution in [0.4, 0.5) is 4.39 Å². The van der Waals surface area contributed by atoms with Crippen LogP contribution in [0.2, 0.25) is 0 Å². The van der Waals surface area contributed by atoms with Crippen molar-refractivity contribution in [1.82, 2.24) is 14.5 Å². The molecule has 7 rings (SSSR count). The first-order valence-corrected chi connectivity index (χ1v) is 13.8. The topological polar surface area (TPSA) is 61.1 Å². The van der Waals surface area contributed by atoms with Gasteiger partial charge in [-0.05, 0) is 67.3 Å². The normalized spacial score (nSPS) is 24.0. The average Bonchev–Trinajstić information content (AvgIpc) is 3.57. The Morgan fingerprint density at radius 2 is 1.90 bits per heavy atom. The van der Waals surface area contributed by atoms with Gasteiger partial charge >= 0.3 is 0 Å². The summed E-state index contributed by atoms with van der Waals surface area (Å²) in [5, 5.41) is 4.64. The van der Waals surface area contributed by atoms with E-state index in [1.807, 2.05) is 48.9 Å². The molecule has 3 aliphatic rings. The van der Waals surface area contributed by atoms with E-state index in [-0.39, 0.29) is 11.2 Å². The van der Waals surface area contributed by atoms with Crippen LogP contribution in [0.5, 0.6) is 11.5 Å². The van der Waals surface area contributed by atoms with Crippen molar-refractivity contribution in [2.24, 2.45) is 5.16 Å². The zero-order valence-corrected chi connectivity index (χ0v) is 23.3. The molecule has 3 aliphatic heterocycles. The van der Waals surface area contributed by atoms with E-state index in [4.69, 9.17) is 14.3 Å². The lowest BCUT2D eigenvalue weighted by atomic mass is 9.68. The van der Waals surface area contributed by atoms with Gasteiger partial charge in [0.1, 0.15) is 17.3 Å². The van der Waals surface area contributed by atoms with Crippen molar-refractivity contribution in [2.45, 2.75) is 37.8 Å². The predicted octanol–water partition coefficient (Wildman–Crippen LogP) is 6.35. The molecule has 8 heteroatoms. The maximum Gasteiger partial charge on any atom is 0.234 e. The summed E-state index contributed by atoms with van der Waals surface area (Å²) in [6, 6.07) is 21.0. The Hall–Kier alpha value is -4.59. The molecule has 0 amide bonds. The number of methoxy groups -OCH3 is 1. The number of nitrogens with zero attached hydrogens (tertiary/aromatic N) is 4. The number of hydrogen-bond donors (Lipinski definition) is 0. The molecule has 0 radical (unpaired) electrons. The molecule has 1 aromatic heterocycles. The van der Waals surface area contributed by atoms with Gasteiger partial charge in [-0.15, -0.1) is 0 Å². The van der Waals surface area contributed by atoms with Crippen LogP contribution in [0, 0.1) is 12.7 Å². The second-order valence-corrected chi connectivity index (χ2v) is 11.2.